The summed E-state index contributed by atoms with van der Waals surface area (Å²) in [5, 5.41) is 11.6. The lowest BCUT2D eigenvalue weighted by Gasteiger charge is -2.09. The van der Waals surface area contributed by atoms with Crippen LogP contribution in [0.15, 0.2) is 42.5 Å². The van der Waals surface area contributed by atoms with Crippen LogP contribution < -0.4 is 5.32 Å². The number of benzene rings is 2. The Kier molecular flexibility index (Phi) is 3.63. The molecule has 0 bridgehead atoms. The number of nitriles is 1. The van der Waals surface area contributed by atoms with Crippen LogP contribution in [0.25, 0.3) is 0 Å². The van der Waals surface area contributed by atoms with E-state index in [0.29, 0.717) is 11.1 Å². The van der Waals surface area contributed by atoms with Crippen molar-refractivity contribution in [1.29, 1.82) is 5.26 Å². The maximum Gasteiger partial charge on any atom is 0.255 e. The van der Waals surface area contributed by atoms with E-state index >= 15 is 0 Å². The second-order valence-corrected chi connectivity index (χ2v) is 4.46. The van der Waals surface area contributed by atoms with Crippen LogP contribution >= 0.6 is 0 Å². The smallest absolute Gasteiger partial charge is 0.255 e. The first-order chi connectivity index (χ1) is 9.10. The molecule has 0 spiro atoms. The van der Waals surface area contributed by atoms with Gasteiger partial charge in [-0.3, -0.25) is 4.79 Å². The van der Waals surface area contributed by atoms with Gasteiger partial charge in [0.15, 0.2) is 0 Å². The number of hydrogen-bond donors (Lipinski definition) is 1. The summed E-state index contributed by atoms with van der Waals surface area (Å²) in [5.41, 5.74) is 4.02. The molecule has 0 atom stereocenters. The van der Waals surface area contributed by atoms with Gasteiger partial charge in [0.25, 0.3) is 5.91 Å². The summed E-state index contributed by atoms with van der Waals surface area (Å²) in [5.74, 6) is -0.168. The first-order valence-electron chi connectivity index (χ1n) is 5.99. The van der Waals surface area contributed by atoms with E-state index in [-0.39, 0.29) is 5.91 Å². The number of amides is 1. The van der Waals surface area contributed by atoms with Crippen molar-refractivity contribution in [1.82, 2.24) is 0 Å². The van der Waals surface area contributed by atoms with E-state index in [1.54, 1.807) is 24.3 Å². The molecule has 19 heavy (non-hydrogen) atoms. The molecule has 0 saturated heterocycles. The third-order valence-electron chi connectivity index (χ3n) is 2.92. The second kappa shape index (κ2) is 5.36. The van der Waals surface area contributed by atoms with Crippen LogP contribution in [0.1, 0.15) is 27.0 Å². The summed E-state index contributed by atoms with van der Waals surface area (Å²) in [6.45, 7) is 3.94. The largest absolute Gasteiger partial charge is 0.322 e. The van der Waals surface area contributed by atoms with Gasteiger partial charge in [0.2, 0.25) is 0 Å². The zero-order valence-electron chi connectivity index (χ0n) is 10.9. The predicted molar refractivity (Wildman–Crippen MR) is 75.0 cm³/mol. The molecule has 2 aromatic carbocycles. The monoisotopic (exact) mass is 250 g/mol. The Morgan fingerprint density at radius 2 is 1.79 bits per heavy atom. The minimum atomic E-state index is -0.168. The van der Waals surface area contributed by atoms with Crippen molar-refractivity contribution in [2.24, 2.45) is 0 Å². The van der Waals surface area contributed by atoms with Crippen LogP contribution in [0, 0.1) is 25.2 Å². The van der Waals surface area contributed by atoms with Gasteiger partial charge in [-0.05, 0) is 55.3 Å². The number of carbonyl (C=O) groups is 1. The molecule has 0 aromatic heterocycles. The van der Waals surface area contributed by atoms with Crippen LogP contribution in [-0.4, -0.2) is 5.91 Å². The van der Waals surface area contributed by atoms with Crippen molar-refractivity contribution in [3.8, 4) is 6.07 Å². The molecular weight excluding hydrogens is 236 g/mol. The highest BCUT2D eigenvalue weighted by Gasteiger charge is 2.07. The van der Waals surface area contributed by atoms with Crippen LogP contribution in [0.4, 0.5) is 5.69 Å². The van der Waals surface area contributed by atoms with Gasteiger partial charge in [0, 0.05) is 11.3 Å². The maximum absolute atomic E-state index is 12.1. The van der Waals surface area contributed by atoms with E-state index in [4.69, 9.17) is 5.26 Å². The summed E-state index contributed by atoms with van der Waals surface area (Å²) in [6, 6.07) is 14.5. The Morgan fingerprint density at radius 1 is 1.11 bits per heavy atom. The lowest BCUT2D eigenvalue weighted by Crippen LogP contribution is -2.12. The fourth-order valence-corrected chi connectivity index (χ4v) is 1.76. The lowest BCUT2D eigenvalue weighted by molar-refractivity contribution is 0.102. The van der Waals surface area contributed by atoms with Crippen LogP contribution in [-0.2, 0) is 0 Å². The number of carbonyl (C=O) groups excluding carboxylic acids is 1. The first-order valence-corrected chi connectivity index (χ1v) is 5.99. The zero-order valence-corrected chi connectivity index (χ0v) is 10.9. The van der Waals surface area contributed by atoms with Crippen LogP contribution in [0.3, 0.4) is 0 Å². The van der Waals surface area contributed by atoms with Gasteiger partial charge in [-0.15, -0.1) is 0 Å². The van der Waals surface area contributed by atoms with E-state index in [1.165, 1.54) is 0 Å². The Labute approximate surface area is 112 Å². The second-order valence-electron chi connectivity index (χ2n) is 4.46. The van der Waals surface area contributed by atoms with E-state index in [2.05, 4.69) is 5.32 Å². The number of anilines is 1. The van der Waals surface area contributed by atoms with Crippen molar-refractivity contribution in [2.45, 2.75) is 13.8 Å². The Balaban J connectivity index is 2.21. The molecule has 0 radical (unpaired) electrons. The van der Waals surface area contributed by atoms with Gasteiger partial charge in [-0.2, -0.15) is 5.26 Å². The van der Waals surface area contributed by atoms with Gasteiger partial charge in [-0.1, -0.05) is 12.1 Å². The minimum Gasteiger partial charge on any atom is -0.322 e. The molecule has 2 aromatic rings. The Bertz CT molecular complexity index is 651. The van der Waals surface area contributed by atoms with E-state index in [9.17, 15) is 4.79 Å². The average molecular weight is 250 g/mol. The van der Waals surface area contributed by atoms with Gasteiger partial charge in [-0.25, -0.2) is 0 Å². The molecule has 0 fully saturated rings. The molecule has 0 saturated carbocycles. The Hall–Kier alpha value is -2.60. The minimum absolute atomic E-state index is 0.168. The average Bonchev–Trinajstić information content (AvgIpc) is 2.43. The van der Waals surface area contributed by atoms with Gasteiger partial charge < -0.3 is 5.32 Å². The number of nitrogens with zero attached hydrogens (tertiary/aromatic N) is 1. The highest BCUT2D eigenvalue weighted by molar-refractivity contribution is 6.04. The third-order valence-corrected chi connectivity index (χ3v) is 2.92. The standard InChI is InChI=1S/C16H14N2O/c1-11-3-4-12(2)15(9-11)18-16(19)14-7-5-13(10-17)6-8-14/h3-9H,1-2H3,(H,18,19). The van der Waals surface area contributed by atoms with Crippen LogP contribution in [0.5, 0.6) is 0 Å². The van der Waals surface area contributed by atoms with Gasteiger partial charge in [0.1, 0.15) is 0 Å². The molecule has 0 unspecified atom stereocenters. The molecule has 1 amide bonds. The summed E-state index contributed by atoms with van der Waals surface area (Å²) < 4.78 is 0. The topological polar surface area (TPSA) is 52.9 Å². The van der Waals surface area contributed by atoms with Crippen LogP contribution in [0.2, 0.25) is 0 Å². The quantitative estimate of drug-likeness (QED) is 0.887. The van der Waals surface area contributed by atoms with Crippen molar-refractivity contribution >= 4 is 11.6 Å². The molecule has 3 heteroatoms. The number of hydrogen-bond acceptors (Lipinski definition) is 2. The normalized spacial score (nSPS) is 9.74. The first kappa shape index (κ1) is 12.8. The summed E-state index contributed by atoms with van der Waals surface area (Å²) in [7, 11) is 0. The van der Waals surface area contributed by atoms with Crippen molar-refractivity contribution < 1.29 is 4.79 Å². The zero-order chi connectivity index (χ0) is 13.8. The predicted octanol–water partition coefficient (Wildman–Crippen LogP) is 3.43. The summed E-state index contributed by atoms with van der Waals surface area (Å²) in [6.07, 6.45) is 0. The summed E-state index contributed by atoms with van der Waals surface area (Å²) in [4.78, 5) is 12.1. The van der Waals surface area contributed by atoms with Crippen molar-refractivity contribution in [3.05, 3.63) is 64.7 Å². The number of aryl methyl sites for hydroxylation is 2. The Morgan fingerprint density at radius 3 is 2.42 bits per heavy atom. The fourth-order valence-electron chi connectivity index (χ4n) is 1.76. The summed E-state index contributed by atoms with van der Waals surface area (Å²) >= 11 is 0. The van der Waals surface area contributed by atoms with Crippen molar-refractivity contribution in [3.63, 3.8) is 0 Å². The molecule has 0 aliphatic carbocycles. The highest BCUT2D eigenvalue weighted by Crippen LogP contribution is 2.17. The maximum atomic E-state index is 12.1. The highest BCUT2D eigenvalue weighted by atomic mass is 16.1. The SMILES string of the molecule is Cc1ccc(C)c(NC(=O)c2ccc(C#N)cc2)c1. The van der Waals surface area contributed by atoms with E-state index in [1.807, 2.05) is 38.1 Å². The van der Waals surface area contributed by atoms with Gasteiger partial charge >= 0.3 is 0 Å². The fraction of sp³-hybridized carbons (Fsp3) is 0.125. The molecule has 0 aliphatic rings. The third kappa shape index (κ3) is 2.99. The van der Waals surface area contributed by atoms with Gasteiger partial charge in [0.05, 0.1) is 11.6 Å². The van der Waals surface area contributed by atoms with E-state index < -0.39 is 0 Å². The molecule has 0 heterocycles. The van der Waals surface area contributed by atoms with Crippen molar-refractivity contribution in [2.75, 3.05) is 5.32 Å². The number of nitrogens with one attached hydrogen (secondary N) is 1. The molecule has 2 rings (SSSR count). The molecule has 3 nitrogen and oxygen atoms in total. The number of rotatable bonds is 2. The molecule has 0 aliphatic heterocycles. The lowest BCUT2D eigenvalue weighted by atomic mass is 10.1. The molecule has 1 N–H and O–H groups in total. The molecular formula is C16H14N2O. The molecule has 94 valence electrons. The van der Waals surface area contributed by atoms with E-state index in [0.717, 1.165) is 16.8 Å².